The van der Waals surface area contributed by atoms with Gasteiger partial charge in [-0.05, 0) is 47.3 Å². The van der Waals surface area contributed by atoms with E-state index in [2.05, 4.69) is 15.9 Å². The van der Waals surface area contributed by atoms with Gasteiger partial charge >= 0.3 is 0 Å². The van der Waals surface area contributed by atoms with Crippen molar-refractivity contribution in [1.29, 1.82) is 0 Å². The van der Waals surface area contributed by atoms with Gasteiger partial charge in [-0.1, -0.05) is 0 Å². The molecule has 0 aliphatic heterocycles. The second kappa shape index (κ2) is 5.07. The molecule has 6 heteroatoms. The van der Waals surface area contributed by atoms with Gasteiger partial charge in [0, 0.05) is 28.7 Å². The van der Waals surface area contributed by atoms with Crippen molar-refractivity contribution in [1.82, 2.24) is 4.57 Å². The molecule has 2 aromatic rings. The van der Waals surface area contributed by atoms with Crippen molar-refractivity contribution in [2.24, 2.45) is 5.73 Å². The van der Waals surface area contributed by atoms with Gasteiger partial charge in [0.25, 0.3) is 6.43 Å². The van der Waals surface area contributed by atoms with E-state index in [-0.39, 0.29) is 0 Å². The third-order valence-electron chi connectivity index (χ3n) is 4.00. The lowest BCUT2D eigenvalue weighted by atomic mass is 9.93. The number of rotatable bonds is 3. The summed E-state index contributed by atoms with van der Waals surface area (Å²) in [4.78, 5) is 0. The first-order chi connectivity index (χ1) is 9.49. The summed E-state index contributed by atoms with van der Waals surface area (Å²) >= 11 is 3.15. The molecular formula is C14H14BrF3N2. The summed E-state index contributed by atoms with van der Waals surface area (Å²) in [6.45, 7) is 0. The van der Waals surface area contributed by atoms with Crippen LogP contribution in [0.2, 0.25) is 0 Å². The molecule has 3 rings (SSSR count). The molecule has 1 atom stereocenters. The Hall–Kier alpha value is -1.01. The van der Waals surface area contributed by atoms with E-state index in [0.717, 1.165) is 24.8 Å². The highest BCUT2D eigenvalue weighted by atomic mass is 79.9. The number of halogens is 4. The first kappa shape index (κ1) is 13.9. The van der Waals surface area contributed by atoms with Crippen LogP contribution in [0, 0.1) is 5.82 Å². The normalized spacial score (nSPS) is 17.7. The Kier molecular flexibility index (Phi) is 3.54. The Morgan fingerprint density at radius 1 is 1.30 bits per heavy atom. The summed E-state index contributed by atoms with van der Waals surface area (Å²) in [6, 6.07) is 1.84. The second-order valence-electron chi connectivity index (χ2n) is 5.22. The molecule has 0 radical (unpaired) electrons. The van der Waals surface area contributed by atoms with Gasteiger partial charge in [-0.25, -0.2) is 13.2 Å². The van der Waals surface area contributed by atoms with Crippen molar-refractivity contribution in [2.75, 3.05) is 0 Å². The van der Waals surface area contributed by atoms with Gasteiger partial charge in [-0.2, -0.15) is 0 Å². The van der Waals surface area contributed by atoms with E-state index >= 15 is 0 Å². The van der Waals surface area contributed by atoms with E-state index in [1.54, 1.807) is 12.3 Å². The Morgan fingerprint density at radius 3 is 2.55 bits per heavy atom. The average molecular weight is 347 g/mol. The van der Waals surface area contributed by atoms with Crippen molar-refractivity contribution in [2.45, 2.75) is 37.8 Å². The van der Waals surface area contributed by atoms with E-state index in [1.165, 1.54) is 6.07 Å². The molecule has 1 aliphatic rings. The predicted octanol–water partition coefficient (Wildman–Crippen LogP) is 4.53. The summed E-state index contributed by atoms with van der Waals surface area (Å²) < 4.78 is 41.8. The minimum atomic E-state index is -2.66. The van der Waals surface area contributed by atoms with E-state index in [9.17, 15) is 13.2 Å². The number of nitrogens with two attached hydrogens (primary N) is 1. The highest BCUT2D eigenvalue weighted by molar-refractivity contribution is 9.10. The maximum atomic E-state index is 13.7. The fraction of sp³-hybridized carbons (Fsp3) is 0.429. The Labute approximate surface area is 122 Å². The van der Waals surface area contributed by atoms with Crippen LogP contribution in [0.4, 0.5) is 13.2 Å². The first-order valence-corrected chi connectivity index (χ1v) is 7.31. The van der Waals surface area contributed by atoms with E-state index in [1.807, 2.05) is 4.57 Å². The molecule has 0 amide bonds. The molecule has 1 heterocycles. The largest absolute Gasteiger partial charge is 0.344 e. The monoisotopic (exact) mass is 346 g/mol. The summed E-state index contributed by atoms with van der Waals surface area (Å²) in [5.74, 6) is -0.466. The molecule has 1 saturated carbocycles. The third kappa shape index (κ3) is 2.15. The number of hydrogen-bond donors (Lipinski definition) is 1. The number of alkyl halides is 2. The van der Waals surface area contributed by atoms with Gasteiger partial charge in [-0.3, -0.25) is 0 Å². The number of hydrogen-bond acceptors (Lipinski definition) is 1. The molecule has 0 bridgehead atoms. The average Bonchev–Trinajstić information content (AvgIpc) is 2.66. The molecule has 0 spiro atoms. The van der Waals surface area contributed by atoms with Crippen LogP contribution in [0.3, 0.4) is 0 Å². The van der Waals surface area contributed by atoms with Gasteiger partial charge in [0.05, 0.1) is 10.5 Å². The zero-order valence-electron chi connectivity index (χ0n) is 10.6. The molecular weight excluding hydrogens is 333 g/mol. The van der Waals surface area contributed by atoms with Crippen molar-refractivity contribution >= 4 is 26.8 Å². The lowest BCUT2D eigenvalue weighted by molar-refractivity contribution is 0.117. The van der Waals surface area contributed by atoms with Crippen LogP contribution in [0.1, 0.15) is 36.9 Å². The molecule has 108 valence electrons. The zero-order chi connectivity index (χ0) is 14.4. The van der Waals surface area contributed by atoms with E-state index in [4.69, 9.17) is 5.73 Å². The molecule has 2 N–H and O–H groups in total. The SMILES string of the molecule is N[C@@H](c1cn(C2CCC2)c2cc(Br)c(F)cc12)C(F)F. The maximum Gasteiger partial charge on any atom is 0.257 e. The van der Waals surface area contributed by atoms with Gasteiger partial charge in [0.2, 0.25) is 0 Å². The lowest BCUT2D eigenvalue weighted by Crippen LogP contribution is -2.19. The summed E-state index contributed by atoms with van der Waals surface area (Å²) in [7, 11) is 0. The molecule has 1 aromatic heterocycles. The summed E-state index contributed by atoms with van der Waals surface area (Å²) in [5, 5.41) is 0.477. The zero-order valence-corrected chi connectivity index (χ0v) is 12.2. The summed E-state index contributed by atoms with van der Waals surface area (Å²) in [5.41, 5.74) is 6.64. The minimum Gasteiger partial charge on any atom is -0.344 e. The molecule has 0 unspecified atom stereocenters. The van der Waals surface area contributed by atoms with Crippen LogP contribution in [-0.2, 0) is 0 Å². The smallest absolute Gasteiger partial charge is 0.257 e. The van der Waals surface area contributed by atoms with Crippen molar-refractivity contribution in [3.8, 4) is 0 Å². The van der Waals surface area contributed by atoms with Crippen molar-refractivity contribution in [3.63, 3.8) is 0 Å². The first-order valence-electron chi connectivity index (χ1n) is 6.52. The maximum absolute atomic E-state index is 13.7. The Balaban J connectivity index is 2.21. The van der Waals surface area contributed by atoms with Gasteiger partial charge in [0.15, 0.2) is 0 Å². The Morgan fingerprint density at radius 2 is 2.00 bits per heavy atom. The fourth-order valence-electron chi connectivity index (χ4n) is 2.64. The van der Waals surface area contributed by atoms with Gasteiger partial charge in [-0.15, -0.1) is 0 Å². The molecule has 1 fully saturated rings. The highest BCUT2D eigenvalue weighted by Gasteiger charge is 2.27. The van der Waals surface area contributed by atoms with Crippen LogP contribution < -0.4 is 5.73 Å². The number of nitrogens with zero attached hydrogens (tertiary/aromatic N) is 1. The number of aromatic nitrogens is 1. The number of fused-ring (bicyclic) bond motifs is 1. The number of benzene rings is 1. The molecule has 1 aromatic carbocycles. The van der Waals surface area contributed by atoms with Gasteiger partial charge < -0.3 is 10.3 Å². The Bertz CT molecular complexity index is 649. The molecule has 0 saturated heterocycles. The topological polar surface area (TPSA) is 30.9 Å². The molecule has 1 aliphatic carbocycles. The van der Waals surface area contributed by atoms with Crippen LogP contribution in [0.5, 0.6) is 0 Å². The molecule has 20 heavy (non-hydrogen) atoms. The van der Waals surface area contributed by atoms with Crippen LogP contribution in [0.15, 0.2) is 22.8 Å². The van der Waals surface area contributed by atoms with Crippen molar-refractivity contribution < 1.29 is 13.2 Å². The van der Waals surface area contributed by atoms with Gasteiger partial charge in [0.1, 0.15) is 5.82 Å². The highest BCUT2D eigenvalue weighted by Crippen LogP contribution is 2.39. The lowest BCUT2D eigenvalue weighted by Gasteiger charge is -2.28. The quantitative estimate of drug-likeness (QED) is 0.869. The standard InChI is InChI=1S/C14H14BrF3N2/c15-10-5-12-8(4-11(10)16)9(13(19)14(17)18)6-20(12)7-2-1-3-7/h4-7,13-14H,1-3,19H2/t13-/m0/s1. The minimum absolute atomic E-state index is 0.300. The second-order valence-corrected chi connectivity index (χ2v) is 6.07. The molecule has 2 nitrogen and oxygen atoms in total. The third-order valence-corrected chi connectivity index (χ3v) is 4.61. The van der Waals surface area contributed by atoms with E-state index < -0.39 is 18.3 Å². The van der Waals surface area contributed by atoms with Crippen molar-refractivity contribution in [3.05, 3.63) is 34.2 Å². The van der Waals surface area contributed by atoms with E-state index in [0.29, 0.717) is 21.5 Å². The summed E-state index contributed by atoms with van der Waals surface area (Å²) in [6.07, 6.45) is 2.16. The fourth-order valence-corrected chi connectivity index (χ4v) is 2.97. The van der Waals surface area contributed by atoms with Crippen LogP contribution in [-0.4, -0.2) is 11.0 Å². The van der Waals surface area contributed by atoms with Crippen LogP contribution in [0.25, 0.3) is 10.9 Å². The van der Waals surface area contributed by atoms with Crippen LogP contribution >= 0.6 is 15.9 Å². The predicted molar refractivity (Wildman–Crippen MR) is 75.4 cm³/mol.